The van der Waals surface area contributed by atoms with Crippen molar-refractivity contribution in [1.82, 2.24) is 19.6 Å². The van der Waals surface area contributed by atoms with Crippen molar-refractivity contribution in [3.8, 4) is 0 Å². The van der Waals surface area contributed by atoms with Crippen molar-refractivity contribution in [2.24, 2.45) is 11.8 Å². The number of fused-ring (bicyclic) bond motifs is 1. The number of likely N-dealkylation sites (tertiary alicyclic amines) is 1. The molecule has 1 amide bonds. The lowest BCUT2D eigenvalue weighted by Gasteiger charge is -2.29. The van der Waals surface area contributed by atoms with Gasteiger partial charge in [-0.2, -0.15) is 0 Å². The number of nitrogens with zero attached hydrogens (tertiary/aromatic N) is 2. The first-order valence-corrected chi connectivity index (χ1v) is 10.6. The van der Waals surface area contributed by atoms with Crippen LogP contribution < -0.4 is 10.3 Å². The third-order valence-electron chi connectivity index (χ3n) is 5.54. The molecule has 11 nitrogen and oxygen atoms in total. The average Bonchev–Trinajstić information content (AvgIpc) is 3.28. The summed E-state index contributed by atoms with van der Waals surface area (Å²) in [7, 11) is -3.27. The van der Waals surface area contributed by atoms with Crippen LogP contribution in [0.15, 0.2) is 17.2 Å². The molecular weight excluding hydrogens is 392 g/mol. The minimum atomic E-state index is -3.27. The van der Waals surface area contributed by atoms with Gasteiger partial charge in [-0.25, -0.2) is 18.1 Å². The van der Waals surface area contributed by atoms with Gasteiger partial charge in [0.05, 0.1) is 30.7 Å². The van der Waals surface area contributed by atoms with E-state index in [1.807, 2.05) is 0 Å². The Morgan fingerprint density at radius 3 is 2.89 bits per heavy atom. The van der Waals surface area contributed by atoms with E-state index < -0.39 is 10.0 Å². The smallest absolute Gasteiger partial charge is 0.290 e. The maximum Gasteiger partial charge on any atom is 0.290 e. The summed E-state index contributed by atoms with van der Waals surface area (Å²) in [5.74, 6) is -0.0843. The molecule has 0 aromatic carbocycles. The Morgan fingerprint density at radius 1 is 1.57 bits per heavy atom. The molecule has 4 atom stereocenters. The van der Waals surface area contributed by atoms with Gasteiger partial charge < -0.3 is 19.7 Å². The van der Waals surface area contributed by atoms with E-state index in [1.165, 1.54) is 6.20 Å². The van der Waals surface area contributed by atoms with Gasteiger partial charge in [-0.1, -0.05) is 0 Å². The largest absolute Gasteiger partial charge is 0.483 e. The number of nitrogens with one attached hydrogen (secondary N) is 2. The van der Waals surface area contributed by atoms with Gasteiger partial charge in [0.1, 0.15) is 5.69 Å². The Hall–Kier alpha value is -2.31. The Labute approximate surface area is 161 Å². The highest BCUT2D eigenvalue weighted by Gasteiger charge is 2.63. The van der Waals surface area contributed by atoms with Gasteiger partial charge in [0.15, 0.2) is 0 Å². The Bertz CT molecular complexity index is 897. The number of carboxylic acid groups (broad SMARTS) is 1. The van der Waals surface area contributed by atoms with Crippen LogP contribution in [0, 0.1) is 11.8 Å². The second kappa shape index (κ2) is 7.60. The summed E-state index contributed by atoms with van der Waals surface area (Å²) in [6.07, 6.45) is 5.35. The summed E-state index contributed by atoms with van der Waals surface area (Å²) in [6.45, 7) is 1.06. The monoisotopic (exact) mass is 414 g/mol. The molecule has 3 fully saturated rings. The van der Waals surface area contributed by atoms with E-state index in [-0.39, 0.29) is 47.2 Å². The Kier molecular flexibility index (Phi) is 5.55. The molecule has 28 heavy (non-hydrogen) atoms. The Balaban J connectivity index is 0.000000706. The molecule has 0 radical (unpaired) electrons. The summed E-state index contributed by atoms with van der Waals surface area (Å²) in [4.78, 5) is 40.2. The molecule has 4 heterocycles. The molecule has 3 aliphatic heterocycles. The van der Waals surface area contributed by atoms with Gasteiger partial charge in [-0.15, -0.1) is 0 Å². The third-order valence-corrected chi connectivity index (χ3v) is 6.23. The molecule has 1 spiro atoms. The number of aromatic amines is 1. The number of aromatic nitrogens is 2. The van der Waals surface area contributed by atoms with Crippen LogP contribution in [0.4, 0.5) is 0 Å². The van der Waals surface area contributed by atoms with Gasteiger partial charge in [-0.05, 0) is 12.8 Å². The number of carbonyl (C=O) groups excluding carboxylic acids is 1. The van der Waals surface area contributed by atoms with E-state index in [1.54, 1.807) is 4.90 Å². The van der Waals surface area contributed by atoms with Crippen molar-refractivity contribution in [1.29, 1.82) is 0 Å². The number of H-pyrrole nitrogens is 1. The highest BCUT2D eigenvalue weighted by molar-refractivity contribution is 7.88. The van der Waals surface area contributed by atoms with Crippen molar-refractivity contribution in [3.05, 3.63) is 28.4 Å². The SMILES string of the molecule is CS(=O)(=O)NC[C@H]1[C@H]2CN(C(=O)c3c[nH]c(=O)cn3)C[C@]23CC[C@H]1O3.O=CO. The van der Waals surface area contributed by atoms with Crippen LogP contribution in [0.25, 0.3) is 0 Å². The fourth-order valence-electron chi connectivity index (χ4n) is 4.49. The standard InChI is InChI=1S/C15H20N4O5S.CH2O2/c1-25(22,23)18-4-9-10-7-19(8-15(10)3-2-12(9)24-15)14(21)11-5-17-13(20)6-16-11;2-1-3/h5-6,9-10,12,18H,2-4,7-8H2,1H3,(H,17,20);1H,(H,2,3)/t9-,10+,12+,15+;/m0./s1. The molecular formula is C16H22N4O7S. The number of carbonyl (C=O) groups is 2. The lowest BCUT2D eigenvalue weighted by molar-refractivity contribution is -0.122. The fourth-order valence-corrected chi connectivity index (χ4v) is 4.98. The lowest BCUT2D eigenvalue weighted by atomic mass is 9.74. The van der Waals surface area contributed by atoms with Gasteiger partial charge in [0, 0.05) is 31.1 Å². The predicted octanol–water partition coefficient (Wildman–Crippen LogP) is -1.36. The minimum absolute atomic E-state index is 0.0442. The summed E-state index contributed by atoms with van der Waals surface area (Å²) in [5, 5.41) is 6.89. The number of amides is 1. The molecule has 154 valence electrons. The van der Waals surface area contributed by atoms with Gasteiger partial charge >= 0.3 is 0 Å². The second-order valence-electron chi connectivity index (χ2n) is 7.24. The van der Waals surface area contributed by atoms with E-state index >= 15 is 0 Å². The third kappa shape index (κ3) is 3.93. The molecule has 0 saturated carbocycles. The second-order valence-corrected chi connectivity index (χ2v) is 9.07. The maximum atomic E-state index is 12.7. The van der Waals surface area contributed by atoms with E-state index in [0.29, 0.717) is 19.6 Å². The summed E-state index contributed by atoms with van der Waals surface area (Å²) >= 11 is 0. The van der Waals surface area contributed by atoms with Crippen molar-refractivity contribution in [2.75, 3.05) is 25.9 Å². The van der Waals surface area contributed by atoms with Crippen LogP contribution >= 0.6 is 0 Å². The topological polar surface area (TPSA) is 159 Å². The van der Waals surface area contributed by atoms with Crippen molar-refractivity contribution in [3.63, 3.8) is 0 Å². The van der Waals surface area contributed by atoms with E-state index in [4.69, 9.17) is 14.6 Å². The normalized spacial score (nSPS) is 30.5. The van der Waals surface area contributed by atoms with E-state index in [0.717, 1.165) is 25.3 Å². The molecule has 3 aliphatic rings. The van der Waals surface area contributed by atoms with Gasteiger partial charge in [-0.3, -0.25) is 14.4 Å². The zero-order chi connectivity index (χ0) is 20.5. The highest BCUT2D eigenvalue weighted by atomic mass is 32.2. The molecule has 3 N–H and O–H groups in total. The van der Waals surface area contributed by atoms with Crippen molar-refractivity contribution >= 4 is 22.4 Å². The lowest BCUT2D eigenvalue weighted by Crippen LogP contribution is -2.41. The number of sulfonamides is 1. The quantitative estimate of drug-likeness (QED) is 0.510. The fraction of sp³-hybridized carbons (Fsp3) is 0.625. The molecule has 1 aromatic heterocycles. The number of hydrogen-bond acceptors (Lipinski definition) is 7. The molecule has 1 aromatic rings. The summed E-state index contributed by atoms with van der Waals surface area (Å²) in [6, 6.07) is 0. The zero-order valence-corrected chi connectivity index (χ0v) is 16.0. The van der Waals surface area contributed by atoms with E-state index in [9.17, 15) is 18.0 Å². The first kappa shape index (κ1) is 20.4. The summed E-state index contributed by atoms with van der Waals surface area (Å²) in [5.41, 5.74) is -0.550. The first-order valence-electron chi connectivity index (χ1n) is 8.73. The van der Waals surface area contributed by atoms with Crippen LogP contribution in [-0.2, 0) is 19.6 Å². The van der Waals surface area contributed by atoms with Gasteiger partial charge in [0.25, 0.3) is 17.9 Å². The molecule has 2 bridgehead atoms. The maximum absolute atomic E-state index is 12.7. The zero-order valence-electron chi connectivity index (χ0n) is 15.2. The van der Waals surface area contributed by atoms with Crippen LogP contribution in [0.2, 0.25) is 0 Å². The average molecular weight is 414 g/mol. The van der Waals surface area contributed by atoms with Crippen molar-refractivity contribution < 1.29 is 27.9 Å². The van der Waals surface area contributed by atoms with Crippen LogP contribution in [0.1, 0.15) is 23.3 Å². The van der Waals surface area contributed by atoms with Gasteiger partial charge in [0.2, 0.25) is 10.0 Å². The molecule has 4 rings (SSSR count). The van der Waals surface area contributed by atoms with Crippen LogP contribution in [0.5, 0.6) is 0 Å². The summed E-state index contributed by atoms with van der Waals surface area (Å²) < 4.78 is 31.6. The van der Waals surface area contributed by atoms with Crippen molar-refractivity contribution in [2.45, 2.75) is 24.5 Å². The first-order chi connectivity index (χ1) is 13.2. The molecule has 12 heteroatoms. The van der Waals surface area contributed by atoms with Crippen LogP contribution in [0.3, 0.4) is 0 Å². The predicted molar refractivity (Wildman–Crippen MR) is 96.1 cm³/mol. The molecule has 0 aliphatic carbocycles. The Morgan fingerprint density at radius 2 is 2.29 bits per heavy atom. The minimum Gasteiger partial charge on any atom is -0.483 e. The van der Waals surface area contributed by atoms with E-state index in [2.05, 4.69) is 14.7 Å². The molecule has 3 saturated heterocycles. The number of hydrogen-bond donors (Lipinski definition) is 3. The number of rotatable bonds is 4. The number of ether oxygens (including phenoxy) is 1. The van der Waals surface area contributed by atoms with Crippen LogP contribution in [-0.4, -0.2) is 78.4 Å². The molecule has 0 unspecified atom stereocenters. The highest BCUT2D eigenvalue weighted by Crippen LogP contribution is 2.54.